The SMILES string of the molecule is CC1=NCC(C)=C1C1=C2N=C(N(C)C)N=C2c2ccccc2C1=O.CCN(CC)C1=NC2=C(C3=C(C)CN=C3C)C(=O)c3ccccc3C2=N1.CN(C)C1=NC2=C(c3cnn(C)c3)C(=O)c3ccccc3C2=N1.Cc1ccc(C2=C3N=C(N(C)C)N=C3c3ccccc3C2=O)c(C)c1.Cc1nn(C)c(C)c1C1=C2N=C(N(C)C)N=C2c2ccccc2C1=O. The number of aliphatic imine (C=N–C) groups is 12. The number of benzene rings is 6. The molecule has 0 unspecified atom stereocenters. The smallest absolute Gasteiger partial charge is 0.226 e. The molecule has 26 heteroatoms. The number of guanidine groups is 5. The molecule has 5 aliphatic carbocycles. The van der Waals surface area contributed by atoms with Crippen LogP contribution in [0.25, 0.3) is 16.7 Å². The highest BCUT2D eigenvalue weighted by Gasteiger charge is 2.43. The van der Waals surface area contributed by atoms with E-state index in [-0.39, 0.29) is 28.9 Å². The van der Waals surface area contributed by atoms with E-state index in [0.29, 0.717) is 127 Å². The van der Waals surface area contributed by atoms with Crippen molar-refractivity contribution in [2.24, 2.45) is 74.0 Å². The first-order valence-electron chi connectivity index (χ1n) is 40.7. The average molecular weight is 1630 g/mol. The van der Waals surface area contributed by atoms with E-state index >= 15 is 0 Å². The van der Waals surface area contributed by atoms with Crippen LogP contribution in [0.15, 0.2) is 274 Å². The Labute approximate surface area is 714 Å². The molecule has 0 spiro atoms. The number of ketones is 5. The van der Waals surface area contributed by atoms with Crippen LogP contribution in [-0.4, -0.2) is 225 Å². The van der Waals surface area contributed by atoms with Crippen molar-refractivity contribution in [1.29, 1.82) is 0 Å². The quantitative estimate of drug-likeness (QED) is 0.144. The van der Waals surface area contributed by atoms with Crippen molar-refractivity contribution in [3.8, 4) is 0 Å². The third-order valence-corrected chi connectivity index (χ3v) is 22.9. The molecular weight excluding hydrogens is 1540 g/mol. The second-order valence-electron chi connectivity index (χ2n) is 32.1. The van der Waals surface area contributed by atoms with E-state index in [0.717, 1.165) is 137 Å². The number of aromatic nitrogens is 4. The number of carbonyl (C=O) groups is 5. The van der Waals surface area contributed by atoms with Gasteiger partial charge in [0.2, 0.25) is 29.8 Å². The van der Waals surface area contributed by atoms with Gasteiger partial charge in [-0.15, -0.1) is 0 Å². The molecule has 0 bridgehead atoms. The fourth-order valence-corrected chi connectivity index (χ4v) is 16.8. The topological polar surface area (TPSA) is 286 Å². The van der Waals surface area contributed by atoms with Gasteiger partial charge in [-0.25, -0.2) is 49.9 Å². The molecule has 0 saturated heterocycles. The number of fused-ring (bicyclic) bond motifs is 15. The zero-order valence-electron chi connectivity index (χ0n) is 72.7. The number of aryl methyl sites for hydroxylation is 5. The highest BCUT2D eigenvalue weighted by molar-refractivity contribution is 6.46. The summed E-state index contributed by atoms with van der Waals surface area (Å²) in [4.78, 5) is 132. The second kappa shape index (κ2) is 32.5. The van der Waals surface area contributed by atoms with Gasteiger partial charge in [-0.05, 0) is 91.5 Å². The van der Waals surface area contributed by atoms with Gasteiger partial charge in [0.25, 0.3) is 0 Å². The van der Waals surface area contributed by atoms with E-state index in [9.17, 15) is 24.0 Å². The number of nitrogens with zero attached hydrogens (tertiary/aromatic N) is 21. The molecule has 0 fully saturated rings. The molecule has 2 aromatic heterocycles. The van der Waals surface area contributed by atoms with E-state index in [4.69, 9.17) is 15.0 Å². The number of Topliss-reactive ketones (excluding diaryl/α,β-unsaturated/α-hetero) is 5. The van der Waals surface area contributed by atoms with Crippen LogP contribution < -0.4 is 0 Å². The number of hydrogen-bond donors (Lipinski definition) is 0. The minimum Gasteiger partial charge on any atom is -0.347 e. The monoisotopic (exact) mass is 1630 g/mol. The third-order valence-electron chi connectivity index (χ3n) is 22.9. The van der Waals surface area contributed by atoms with Crippen molar-refractivity contribution in [2.75, 3.05) is 82.6 Å². The highest BCUT2D eigenvalue weighted by atomic mass is 16.1. The fraction of sp³-hybridized carbons (Fsp3) is 0.247. The van der Waals surface area contributed by atoms with Crippen molar-refractivity contribution in [3.63, 3.8) is 0 Å². The predicted octanol–water partition coefficient (Wildman–Crippen LogP) is 13.8. The van der Waals surface area contributed by atoms with Crippen molar-refractivity contribution in [1.82, 2.24) is 44.1 Å². The number of hydrogen-bond acceptors (Lipinski definition) is 24. The lowest BCUT2D eigenvalue weighted by molar-refractivity contribution is 0.102. The van der Waals surface area contributed by atoms with Gasteiger partial charge < -0.3 is 24.5 Å². The summed E-state index contributed by atoms with van der Waals surface area (Å²) in [7, 11) is 18.9. The molecule has 616 valence electrons. The maximum atomic E-state index is 13.4. The van der Waals surface area contributed by atoms with Crippen LogP contribution in [0.2, 0.25) is 0 Å². The summed E-state index contributed by atoms with van der Waals surface area (Å²) in [6, 6.07) is 44.2. The Kier molecular flexibility index (Phi) is 21.6. The summed E-state index contributed by atoms with van der Waals surface area (Å²) >= 11 is 0. The van der Waals surface area contributed by atoms with E-state index in [1.165, 1.54) is 5.56 Å². The molecule has 7 aliphatic heterocycles. The Morgan fingerprint density at radius 2 is 0.667 bits per heavy atom. The average Bonchev–Trinajstić information content (AvgIpc) is 1.70. The van der Waals surface area contributed by atoms with Gasteiger partial charge in [0.1, 0.15) is 57.0 Å². The molecule has 0 saturated carbocycles. The zero-order valence-corrected chi connectivity index (χ0v) is 72.7. The van der Waals surface area contributed by atoms with Gasteiger partial charge in [-0.2, -0.15) is 10.2 Å². The van der Waals surface area contributed by atoms with E-state index in [1.54, 1.807) is 15.6 Å². The molecule has 0 atom stereocenters. The van der Waals surface area contributed by atoms with Gasteiger partial charge in [0.05, 0.1) is 52.8 Å². The summed E-state index contributed by atoms with van der Waals surface area (Å²) < 4.78 is 3.48. The molecule has 26 nitrogen and oxygen atoms in total. The lowest BCUT2D eigenvalue weighted by Crippen LogP contribution is -2.28. The van der Waals surface area contributed by atoms with E-state index in [1.807, 2.05) is 278 Å². The van der Waals surface area contributed by atoms with Crippen molar-refractivity contribution in [2.45, 2.75) is 69.2 Å². The van der Waals surface area contributed by atoms with Crippen LogP contribution >= 0.6 is 0 Å². The van der Waals surface area contributed by atoms with Gasteiger partial charge in [-0.1, -0.05) is 145 Å². The molecule has 8 aromatic rings. The lowest BCUT2D eigenvalue weighted by atomic mass is 9.82. The normalized spacial score (nSPS) is 17.1. The van der Waals surface area contributed by atoms with Crippen LogP contribution in [0.1, 0.15) is 160 Å². The van der Waals surface area contributed by atoms with E-state index < -0.39 is 0 Å². The molecule has 6 aromatic carbocycles. The van der Waals surface area contributed by atoms with Crippen molar-refractivity contribution in [3.05, 3.63) is 309 Å². The van der Waals surface area contributed by atoms with Gasteiger partial charge in [-0.3, -0.25) is 43.3 Å². The maximum Gasteiger partial charge on any atom is 0.226 e. The molecule has 0 amide bonds. The minimum atomic E-state index is -0.0358. The minimum absolute atomic E-state index is 0.00843. The first kappa shape index (κ1) is 82.0. The number of rotatable bonds is 7. The molecule has 0 radical (unpaired) electrons. The Hall–Kier alpha value is -14.7. The highest BCUT2D eigenvalue weighted by Crippen LogP contribution is 2.44. The third kappa shape index (κ3) is 14.3. The number of allylic oxidation sites excluding steroid dienone is 12. The Balaban J connectivity index is 0.000000114. The standard InChI is InChI=1S/C21H22N4O.C21H19N3O.C19H19N5O.C19H18N4O.C17H15N5O/c1-5-25(6-2)21-23-18-14-9-7-8-10-15(14)20(26)17(19(18)24-21)16-12(3)11-22-13(16)4;1-12-9-10-14(13(2)11-12)17-19-18(22-21(23-19)24(3)4)15-7-5-6-8-16(15)20(17)25;1-10-14(11(2)24(5)22-10)15-17-16(20-19(21-17)23(3)4)12-8-6-7-9-13(12)18(15)25;1-10-9-20-11(2)14(10)15-17-16(21-19(22-17)23(3)4)12-7-5-6-8-13(12)18(15)24;1-21(2)17-19-14-11-6-4-5-7-12(11)16(23)13(15(14)20-17)10-8-18-22(3)9-10/h7-10H,5-6,11H2,1-4H3;5-11H,1-4H3;6-9H,1-5H3;5-8H,9H2,1-4H3;4-9H,1-3H3. The summed E-state index contributed by atoms with van der Waals surface area (Å²) in [5.74, 6) is 3.11. The van der Waals surface area contributed by atoms with Gasteiger partial charge >= 0.3 is 0 Å². The van der Waals surface area contributed by atoms with Crippen LogP contribution in [0.5, 0.6) is 0 Å². The van der Waals surface area contributed by atoms with Crippen molar-refractivity contribution >= 4 is 115 Å². The zero-order chi connectivity index (χ0) is 87.2. The summed E-state index contributed by atoms with van der Waals surface area (Å²) in [6.45, 7) is 23.1. The molecule has 20 rings (SSSR count). The summed E-state index contributed by atoms with van der Waals surface area (Å²) in [5.41, 5.74) is 30.4. The predicted molar refractivity (Wildman–Crippen MR) is 489 cm³/mol. The van der Waals surface area contributed by atoms with Crippen LogP contribution in [0, 0.1) is 27.7 Å². The molecular formula is C97H93N21O5. The van der Waals surface area contributed by atoms with Crippen LogP contribution in [0.4, 0.5) is 0 Å². The van der Waals surface area contributed by atoms with Crippen LogP contribution in [-0.2, 0) is 14.1 Å². The van der Waals surface area contributed by atoms with E-state index in [2.05, 4.69) is 86.9 Å². The van der Waals surface area contributed by atoms with Gasteiger partial charge in [0.15, 0.2) is 28.9 Å². The fourth-order valence-electron chi connectivity index (χ4n) is 16.8. The molecule has 9 heterocycles. The Morgan fingerprint density at radius 1 is 0.350 bits per heavy atom. The maximum absolute atomic E-state index is 13.4. The van der Waals surface area contributed by atoms with Crippen molar-refractivity contribution < 1.29 is 24.0 Å². The lowest BCUT2D eigenvalue weighted by Gasteiger charge is -2.20. The van der Waals surface area contributed by atoms with Crippen LogP contribution in [0.3, 0.4) is 0 Å². The first-order chi connectivity index (χ1) is 59.0. The Bertz CT molecular complexity index is 6730. The number of carbonyl (C=O) groups excluding carboxylic acids is 5. The largest absolute Gasteiger partial charge is 0.347 e. The first-order valence-corrected chi connectivity index (χ1v) is 40.7. The second-order valence-corrected chi connectivity index (χ2v) is 32.1. The van der Waals surface area contributed by atoms with Gasteiger partial charge in [0, 0.05) is 185 Å². The summed E-state index contributed by atoms with van der Waals surface area (Å²) in [6.07, 6.45) is 3.52. The molecule has 0 N–H and O–H groups in total. The molecule has 12 aliphatic rings. The molecule has 123 heavy (non-hydrogen) atoms. The summed E-state index contributed by atoms with van der Waals surface area (Å²) in [5, 5.41) is 8.66. The Morgan fingerprint density at radius 3 is 0.984 bits per heavy atom.